The Bertz CT molecular complexity index is 1020. The molecule has 0 bridgehead atoms. The number of hydrazone groups is 1. The minimum atomic E-state index is -4.05. The third-order valence-corrected chi connectivity index (χ3v) is 6.36. The highest BCUT2D eigenvalue weighted by molar-refractivity contribution is 8.00. The van der Waals surface area contributed by atoms with Crippen molar-refractivity contribution in [2.24, 2.45) is 5.10 Å². The summed E-state index contributed by atoms with van der Waals surface area (Å²) in [5, 5.41) is 15.6. The van der Waals surface area contributed by atoms with Crippen molar-refractivity contribution in [1.82, 2.24) is 0 Å². The standard InChI is InChI=1S/C17H18N4O5S2/c1-26-17-5-3-2-4-15(17)20-28(24,25)13-6-7-14(16(10-13)21(22)23)19-18-12-8-9-27-11-12/h2-7,10,19-20H,8-9,11H2,1H3. The summed E-state index contributed by atoms with van der Waals surface area (Å²) in [4.78, 5) is 10.6. The maximum Gasteiger partial charge on any atom is 0.295 e. The molecule has 0 spiro atoms. The number of anilines is 2. The Morgan fingerprint density at radius 2 is 2.00 bits per heavy atom. The second-order valence-corrected chi connectivity index (χ2v) is 8.62. The summed E-state index contributed by atoms with van der Waals surface area (Å²) in [5.41, 5.74) is 3.58. The molecule has 0 aromatic heterocycles. The number of nitrogens with zero attached hydrogens (tertiary/aromatic N) is 2. The van der Waals surface area contributed by atoms with Crippen LogP contribution >= 0.6 is 11.8 Å². The quantitative estimate of drug-likeness (QED) is 0.518. The van der Waals surface area contributed by atoms with Gasteiger partial charge in [0, 0.05) is 17.5 Å². The van der Waals surface area contributed by atoms with Crippen LogP contribution in [0.15, 0.2) is 52.5 Å². The Kier molecular flexibility index (Phi) is 6.05. The van der Waals surface area contributed by atoms with Gasteiger partial charge in [-0.3, -0.25) is 20.3 Å². The lowest BCUT2D eigenvalue weighted by atomic mass is 10.3. The highest BCUT2D eigenvalue weighted by atomic mass is 32.2. The number of hydrogen-bond acceptors (Lipinski definition) is 8. The van der Waals surface area contributed by atoms with Crippen molar-refractivity contribution in [2.75, 3.05) is 28.8 Å². The van der Waals surface area contributed by atoms with Crippen LogP contribution in [0.3, 0.4) is 0 Å². The molecule has 1 fully saturated rings. The minimum absolute atomic E-state index is 0.130. The Morgan fingerprint density at radius 3 is 2.68 bits per heavy atom. The van der Waals surface area contributed by atoms with E-state index in [-0.39, 0.29) is 22.0 Å². The molecule has 3 rings (SSSR count). The summed E-state index contributed by atoms with van der Waals surface area (Å²) in [6.45, 7) is 0. The Balaban J connectivity index is 1.89. The highest BCUT2D eigenvalue weighted by Gasteiger charge is 2.22. The van der Waals surface area contributed by atoms with Gasteiger partial charge in [-0.25, -0.2) is 8.42 Å². The molecule has 11 heteroatoms. The van der Waals surface area contributed by atoms with Gasteiger partial charge < -0.3 is 4.74 Å². The van der Waals surface area contributed by atoms with E-state index in [0.29, 0.717) is 5.75 Å². The van der Waals surface area contributed by atoms with Crippen molar-refractivity contribution in [3.05, 3.63) is 52.6 Å². The fourth-order valence-electron chi connectivity index (χ4n) is 2.54. The van der Waals surface area contributed by atoms with Crippen LogP contribution in [-0.4, -0.2) is 37.7 Å². The van der Waals surface area contributed by atoms with Crippen molar-refractivity contribution in [1.29, 1.82) is 0 Å². The van der Waals surface area contributed by atoms with Crippen molar-refractivity contribution in [2.45, 2.75) is 11.3 Å². The molecular weight excluding hydrogens is 404 g/mol. The van der Waals surface area contributed by atoms with Gasteiger partial charge in [0.05, 0.1) is 22.6 Å². The number of ether oxygens (including phenoxy) is 1. The first-order valence-corrected chi connectivity index (χ1v) is 10.9. The summed E-state index contributed by atoms with van der Waals surface area (Å²) in [6, 6.07) is 10.1. The smallest absolute Gasteiger partial charge is 0.295 e. The van der Waals surface area contributed by atoms with E-state index >= 15 is 0 Å². The summed E-state index contributed by atoms with van der Waals surface area (Å²) in [6.07, 6.45) is 0.820. The first kappa shape index (κ1) is 20.0. The van der Waals surface area contributed by atoms with Crippen LogP contribution in [0.4, 0.5) is 17.1 Å². The number of sulfonamides is 1. The first-order chi connectivity index (χ1) is 13.4. The molecule has 0 radical (unpaired) electrons. The molecule has 0 atom stereocenters. The lowest BCUT2D eigenvalue weighted by Gasteiger charge is -2.12. The molecule has 1 saturated heterocycles. The SMILES string of the molecule is COc1ccccc1NS(=O)(=O)c1ccc(NN=C2CCSC2)c([N+](=O)[O-])c1. The van der Waals surface area contributed by atoms with Crippen molar-refractivity contribution < 1.29 is 18.1 Å². The molecule has 9 nitrogen and oxygen atoms in total. The predicted molar refractivity (Wildman–Crippen MR) is 110 cm³/mol. The van der Waals surface area contributed by atoms with Gasteiger partial charge in [0.2, 0.25) is 0 Å². The fourth-order valence-corrected chi connectivity index (χ4v) is 4.60. The van der Waals surface area contributed by atoms with Crippen LogP contribution in [0.2, 0.25) is 0 Å². The Hall–Kier alpha value is -2.79. The number of thioether (sulfide) groups is 1. The Labute approximate surface area is 166 Å². The zero-order valence-electron chi connectivity index (χ0n) is 14.9. The molecule has 1 aliphatic heterocycles. The lowest BCUT2D eigenvalue weighted by Crippen LogP contribution is -2.14. The molecule has 1 aliphatic rings. The number of nitro groups is 1. The van der Waals surface area contributed by atoms with Crippen LogP contribution in [0.5, 0.6) is 5.75 Å². The highest BCUT2D eigenvalue weighted by Crippen LogP contribution is 2.31. The van der Waals surface area contributed by atoms with E-state index < -0.39 is 14.9 Å². The van der Waals surface area contributed by atoms with Crippen molar-refractivity contribution in [3.63, 3.8) is 0 Å². The predicted octanol–water partition coefficient (Wildman–Crippen LogP) is 3.31. The topological polar surface area (TPSA) is 123 Å². The van der Waals surface area contributed by atoms with Gasteiger partial charge in [-0.1, -0.05) is 12.1 Å². The van der Waals surface area contributed by atoms with E-state index in [1.165, 1.54) is 25.3 Å². The molecule has 148 valence electrons. The molecule has 0 saturated carbocycles. The average molecular weight is 422 g/mol. The van der Waals surface area contributed by atoms with E-state index in [1.807, 2.05) is 0 Å². The second-order valence-electron chi connectivity index (χ2n) is 5.83. The third kappa shape index (κ3) is 4.54. The number of rotatable bonds is 7. The van der Waals surface area contributed by atoms with E-state index in [2.05, 4.69) is 15.2 Å². The molecule has 1 heterocycles. The second kappa shape index (κ2) is 8.48. The van der Waals surface area contributed by atoms with Gasteiger partial charge >= 0.3 is 0 Å². The normalized spacial score (nSPS) is 15.4. The van der Waals surface area contributed by atoms with Gasteiger partial charge in [0.15, 0.2) is 0 Å². The van der Waals surface area contributed by atoms with E-state index in [9.17, 15) is 18.5 Å². The zero-order valence-corrected chi connectivity index (χ0v) is 16.5. The molecule has 28 heavy (non-hydrogen) atoms. The number of benzene rings is 2. The van der Waals surface area contributed by atoms with Gasteiger partial charge in [0.1, 0.15) is 11.4 Å². The van der Waals surface area contributed by atoms with Gasteiger partial charge in [-0.15, -0.1) is 0 Å². The fraction of sp³-hybridized carbons (Fsp3) is 0.235. The van der Waals surface area contributed by atoms with Crippen molar-refractivity contribution in [3.8, 4) is 5.75 Å². The molecular formula is C17H18N4O5S2. The van der Waals surface area contributed by atoms with Crippen LogP contribution < -0.4 is 14.9 Å². The molecule has 2 N–H and O–H groups in total. The largest absolute Gasteiger partial charge is 0.495 e. The minimum Gasteiger partial charge on any atom is -0.495 e. The number of hydrogen-bond donors (Lipinski definition) is 2. The third-order valence-electron chi connectivity index (χ3n) is 3.97. The summed E-state index contributed by atoms with van der Waals surface area (Å²) in [5.74, 6) is 2.08. The molecule has 0 amide bonds. The summed E-state index contributed by atoms with van der Waals surface area (Å²) >= 11 is 1.74. The first-order valence-electron chi connectivity index (χ1n) is 8.24. The Morgan fingerprint density at radius 1 is 1.21 bits per heavy atom. The summed E-state index contributed by atoms with van der Waals surface area (Å²) in [7, 11) is -2.63. The number of nitro benzene ring substituents is 1. The van der Waals surface area contributed by atoms with E-state index in [0.717, 1.165) is 29.7 Å². The van der Waals surface area contributed by atoms with Gasteiger partial charge in [-0.05, 0) is 36.4 Å². The molecule has 2 aromatic carbocycles. The average Bonchev–Trinajstić information content (AvgIpc) is 3.20. The number of nitrogens with one attached hydrogen (secondary N) is 2. The van der Waals surface area contributed by atoms with Crippen LogP contribution in [0.1, 0.15) is 6.42 Å². The van der Waals surface area contributed by atoms with Crippen molar-refractivity contribution >= 4 is 44.6 Å². The molecule has 0 unspecified atom stereocenters. The monoisotopic (exact) mass is 422 g/mol. The maximum absolute atomic E-state index is 12.7. The van der Waals surface area contributed by atoms with E-state index in [4.69, 9.17) is 4.74 Å². The van der Waals surface area contributed by atoms with Gasteiger partial charge in [-0.2, -0.15) is 16.9 Å². The molecule has 0 aliphatic carbocycles. The molecule has 2 aromatic rings. The van der Waals surface area contributed by atoms with Crippen LogP contribution in [0, 0.1) is 10.1 Å². The van der Waals surface area contributed by atoms with Gasteiger partial charge in [0.25, 0.3) is 15.7 Å². The number of methoxy groups -OCH3 is 1. The lowest BCUT2D eigenvalue weighted by molar-refractivity contribution is -0.384. The summed E-state index contributed by atoms with van der Waals surface area (Å²) < 4.78 is 32.9. The maximum atomic E-state index is 12.7. The van der Waals surface area contributed by atoms with Crippen LogP contribution in [0.25, 0.3) is 0 Å². The van der Waals surface area contributed by atoms with E-state index in [1.54, 1.807) is 30.0 Å². The zero-order chi connectivity index (χ0) is 20.1. The number of para-hydroxylation sites is 2. The van der Waals surface area contributed by atoms with Crippen LogP contribution in [-0.2, 0) is 10.0 Å².